The molecule has 0 aliphatic rings. The van der Waals surface area contributed by atoms with E-state index in [1.54, 1.807) is 0 Å². The minimum absolute atomic E-state index is 1.01. The summed E-state index contributed by atoms with van der Waals surface area (Å²) >= 11 is 0.943. The summed E-state index contributed by atoms with van der Waals surface area (Å²) in [7, 11) is 0. The third-order valence-electron chi connectivity index (χ3n) is 1.05. The number of alkyl halides is 1. The molecule has 0 fully saturated rings. The maximum absolute atomic E-state index is 7.46. The first-order valence-corrected chi connectivity index (χ1v) is 10.5. The fraction of sp³-hybridized carbons (Fsp3) is 0.143. The summed E-state index contributed by atoms with van der Waals surface area (Å²) < 4.78 is 8.46. The van der Waals surface area contributed by atoms with Gasteiger partial charge in [0.15, 0.2) is 0 Å². The number of halogens is 2. The van der Waals surface area contributed by atoms with Gasteiger partial charge in [-0.1, -0.05) is 0 Å². The van der Waals surface area contributed by atoms with E-state index in [4.69, 9.17) is 0.594 Å². The van der Waals surface area contributed by atoms with Crippen LogP contribution < -0.4 is 0 Å². The third-order valence-corrected chi connectivity index (χ3v) is 4.15. The summed E-state index contributed by atoms with van der Waals surface area (Å²) in [6.07, 6.45) is 0. The molecule has 1 rings (SSSR count). The molecule has 0 bridgehead atoms. The second kappa shape index (κ2) is 4.49. The van der Waals surface area contributed by atoms with E-state index in [2.05, 4.69) is 30.7 Å². The van der Waals surface area contributed by atoms with Crippen LogP contribution in [0, 0.1) is 0 Å². The second-order valence-corrected chi connectivity index (χ2v) is 6.93. The van der Waals surface area contributed by atoms with E-state index in [-0.39, 0.29) is 0 Å². The Bertz CT molecular complexity index is 186. The van der Waals surface area contributed by atoms with E-state index in [0.29, 0.717) is 0 Å². The van der Waals surface area contributed by atoms with Gasteiger partial charge < -0.3 is 0 Å². The van der Waals surface area contributed by atoms with Crippen LogP contribution in [0.5, 0.6) is 0 Å². The standard InChI is InChI=1S/C7H8I2/c8-9-6-7-4-2-1-3-5-7/h1-5,9H,6H2/i9T. The summed E-state index contributed by atoms with van der Waals surface area (Å²) in [6, 6.07) is 10.3. The molecule has 0 amide bonds. The molecule has 0 aliphatic carbocycles. The number of benzene rings is 1. The van der Waals surface area contributed by atoms with Gasteiger partial charge >= 0.3 is 76.6 Å². The molecule has 50 valence electrons. The van der Waals surface area contributed by atoms with Crippen LogP contribution in [-0.4, -0.2) is 0.594 Å². The number of hydrogen-bond donors (Lipinski definition) is 0. The molecule has 0 spiro atoms. The molecule has 2 heteroatoms. The Hall–Kier alpha value is 0.680. The maximum atomic E-state index is 7.46. The van der Waals surface area contributed by atoms with Crippen molar-refractivity contribution < 1.29 is 0 Å². The molecular weight excluding hydrogens is 338 g/mol. The molecule has 1 aromatic carbocycles. The number of rotatable bonds is 2. The van der Waals surface area contributed by atoms with Crippen LogP contribution in [0.25, 0.3) is 0 Å². The molecule has 9 heavy (non-hydrogen) atoms. The zero-order valence-corrected chi connectivity index (χ0v) is 9.16. The van der Waals surface area contributed by atoms with Gasteiger partial charge in [-0.15, -0.1) is 0 Å². The molecule has 0 N–H and O–H groups in total. The summed E-state index contributed by atoms with van der Waals surface area (Å²) in [4.78, 5) is 0. The van der Waals surface area contributed by atoms with Crippen molar-refractivity contribution in [3.63, 3.8) is 0 Å². The summed E-state index contributed by atoms with van der Waals surface area (Å²) in [5, 5.41) is 0. The van der Waals surface area contributed by atoms with Crippen LogP contribution in [0.2, 0.25) is 0 Å². The van der Waals surface area contributed by atoms with Crippen LogP contribution in [0.3, 0.4) is 0 Å². The van der Waals surface area contributed by atoms with Gasteiger partial charge in [0.1, 0.15) is 0 Å². The van der Waals surface area contributed by atoms with Crippen molar-refractivity contribution in [1.82, 2.24) is 0 Å². The van der Waals surface area contributed by atoms with E-state index in [9.17, 15) is 0 Å². The monoisotopic (exact) mass is 348 g/mol. The molecule has 0 nitrogen and oxygen atoms in total. The SMILES string of the molecule is [3H]I(I)Cc1ccccc1. The van der Waals surface area contributed by atoms with Gasteiger partial charge in [-0.2, -0.15) is 0 Å². The fourth-order valence-electron chi connectivity index (χ4n) is 0.625. The summed E-state index contributed by atoms with van der Waals surface area (Å²) in [5.74, 6) is 0. The molecular formula is C7H8I2. The third kappa shape index (κ3) is 2.84. The predicted molar refractivity (Wildman–Crippen MR) is 59.6 cm³/mol. The minimum atomic E-state index is -1.33. The Morgan fingerprint density at radius 2 is 2.11 bits per heavy atom. The first kappa shape index (κ1) is 6.39. The van der Waals surface area contributed by atoms with Crippen molar-refractivity contribution >= 4 is 35.6 Å². The van der Waals surface area contributed by atoms with Crippen molar-refractivity contribution in [2.45, 2.75) is 4.43 Å². The Labute approximate surface area is 75.9 Å². The van der Waals surface area contributed by atoms with Crippen molar-refractivity contribution in [2.75, 3.05) is 0 Å². The van der Waals surface area contributed by atoms with Gasteiger partial charge in [0.25, 0.3) is 0 Å². The van der Waals surface area contributed by atoms with Crippen LogP contribution >= 0.6 is 35.6 Å². The molecule has 0 radical (unpaired) electrons. The Morgan fingerprint density at radius 3 is 2.67 bits per heavy atom. The predicted octanol–water partition coefficient (Wildman–Crippen LogP) is 3.24. The summed E-state index contributed by atoms with van der Waals surface area (Å²) in [5.41, 5.74) is 1.32. The first-order chi connectivity index (χ1) is 4.79. The van der Waals surface area contributed by atoms with E-state index < -0.39 is 17.0 Å². The van der Waals surface area contributed by atoms with Gasteiger partial charge in [0.2, 0.25) is 0 Å². The molecule has 0 heterocycles. The molecule has 0 aliphatic heterocycles. The van der Waals surface area contributed by atoms with Gasteiger partial charge in [-0.25, -0.2) is 0 Å². The van der Waals surface area contributed by atoms with Crippen molar-refractivity contribution in [3.05, 3.63) is 35.9 Å². The molecule has 0 saturated heterocycles. The van der Waals surface area contributed by atoms with Gasteiger partial charge in [0.05, 0.1) is 0 Å². The zero-order valence-electron chi connectivity index (χ0n) is 5.85. The van der Waals surface area contributed by atoms with Gasteiger partial charge in [-0.3, -0.25) is 0 Å². The Balaban J connectivity index is 2.59. The van der Waals surface area contributed by atoms with E-state index >= 15 is 0 Å². The van der Waals surface area contributed by atoms with E-state index in [1.807, 2.05) is 18.2 Å². The average Bonchev–Trinajstić information content (AvgIpc) is 1.88. The topological polar surface area (TPSA) is 0 Å². The Kier molecular flexibility index (Phi) is 3.19. The molecule has 0 saturated carbocycles. The van der Waals surface area contributed by atoms with Gasteiger partial charge in [-0.05, 0) is 0 Å². The molecule has 0 unspecified atom stereocenters. The molecule has 0 aromatic heterocycles. The van der Waals surface area contributed by atoms with Gasteiger partial charge in [0, 0.05) is 0 Å². The van der Waals surface area contributed by atoms with Crippen LogP contribution in [0.4, 0.5) is 0 Å². The second-order valence-electron chi connectivity index (χ2n) is 1.72. The first-order valence-electron chi connectivity index (χ1n) is 3.05. The van der Waals surface area contributed by atoms with Crippen LogP contribution in [-0.2, 0) is 4.43 Å². The van der Waals surface area contributed by atoms with Crippen LogP contribution in [0.1, 0.15) is 5.56 Å². The summed E-state index contributed by atoms with van der Waals surface area (Å²) in [6.45, 7) is 0. The van der Waals surface area contributed by atoms with Crippen molar-refractivity contribution in [3.8, 4) is 0 Å². The quantitative estimate of drug-likeness (QED) is 0.569. The number of hydrogen-bond acceptors (Lipinski definition) is 0. The normalized spacial score (nSPS) is 12.6. The zero-order chi connectivity index (χ0) is 7.40. The Morgan fingerprint density at radius 1 is 1.44 bits per heavy atom. The molecule has 1 aromatic rings. The van der Waals surface area contributed by atoms with E-state index in [1.165, 1.54) is 5.56 Å². The van der Waals surface area contributed by atoms with Crippen molar-refractivity contribution in [1.29, 1.82) is 0.594 Å². The fourth-order valence-corrected chi connectivity index (χ4v) is 3.70. The molecule has 0 atom stereocenters. The average molecular weight is 348 g/mol. The van der Waals surface area contributed by atoms with Crippen LogP contribution in [0.15, 0.2) is 30.3 Å². The van der Waals surface area contributed by atoms with E-state index in [0.717, 1.165) is 4.43 Å². The van der Waals surface area contributed by atoms with Crippen molar-refractivity contribution in [2.24, 2.45) is 0 Å².